The van der Waals surface area contributed by atoms with Gasteiger partial charge in [0.1, 0.15) is 0 Å². The molecule has 1 N–H and O–H groups in total. The summed E-state index contributed by atoms with van der Waals surface area (Å²) >= 11 is 0. The molecule has 2 nitrogen and oxygen atoms in total. The summed E-state index contributed by atoms with van der Waals surface area (Å²) in [5.74, 6) is 0.166. The van der Waals surface area contributed by atoms with E-state index in [9.17, 15) is 9.90 Å². The van der Waals surface area contributed by atoms with E-state index in [1.54, 1.807) is 6.92 Å². The Morgan fingerprint density at radius 1 is 1.21 bits per heavy atom. The number of carbonyl (C=O) groups excluding carboxylic acids is 1. The van der Waals surface area contributed by atoms with Gasteiger partial charge in [0.25, 0.3) is 0 Å². The van der Waals surface area contributed by atoms with E-state index in [1.807, 2.05) is 0 Å². The highest BCUT2D eigenvalue weighted by molar-refractivity contribution is 5.99. The molecule has 0 radical (unpaired) electrons. The summed E-state index contributed by atoms with van der Waals surface area (Å²) in [6, 6.07) is 0. The van der Waals surface area contributed by atoms with Gasteiger partial charge in [0.15, 0.2) is 5.78 Å². The molecule has 2 aliphatic carbocycles. The van der Waals surface area contributed by atoms with Crippen molar-refractivity contribution < 1.29 is 9.90 Å². The molecule has 78 valence electrons. The summed E-state index contributed by atoms with van der Waals surface area (Å²) in [6.07, 6.45) is 3.18. The molecule has 0 spiro atoms. The Balaban J connectivity index is 2.41. The first-order valence-electron chi connectivity index (χ1n) is 5.30. The molecule has 0 amide bonds. The Morgan fingerprint density at radius 2 is 1.86 bits per heavy atom. The van der Waals surface area contributed by atoms with Gasteiger partial charge in [-0.05, 0) is 31.6 Å². The molecule has 2 aliphatic rings. The zero-order valence-corrected chi connectivity index (χ0v) is 9.18. The lowest BCUT2D eigenvalue weighted by Gasteiger charge is -2.32. The highest BCUT2D eigenvalue weighted by Crippen LogP contribution is 2.47. The first-order valence-corrected chi connectivity index (χ1v) is 5.30. The van der Waals surface area contributed by atoms with Crippen LogP contribution in [0.4, 0.5) is 0 Å². The fourth-order valence-electron chi connectivity index (χ4n) is 2.86. The van der Waals surface area contributed by atoms with Crippen molar-refractivity contribution in [2.75, 3.05) is 0 Å². The number of rotatable bonds is 0. The first kappa shape index (κ1) is 9.91. The van der Waals surface area contributed by atoms with Crippen LogP contribution in [0.1, 0.15) is 46.5 Å². The van der Waals surface area contributed by atoms with E-state index in [1.165, 1.54) is 5.57 Å². The van der Waals surface area contributed by atoms with Crippen molar-refractivity contribution in [3.63, 3.8) is 0 Å². The molecule has 0 fully saturated rings. The predicted molar refractivity (Wildman–Crippen MR) is 54.9 cm³/mol. The molecule has 0 heterocycles. The summed E-state index contributed by atoms with van der Waals surface area (Å²) in [5, 5.41) is 10.1. The van der Waals surface area contributed by atoms with E-state index in [0.29, 0.717) is 6.42 Å². The molecule has 2 heteroatoms. The monoisotopic (exact) mass is 194 g/mol. The maximum atomic E-state index is 11.9. The van der Waals surface area contributed by atoms with Crippen LogP contribution in [-0.4, -0.2) is 16.5 Å². The minimum Gasteiger partial charge on any atom is -0.385 e. The molecule has 2 rings (SSSR count). The van der Waals surface area contributed by atoms with Crippen molar-refractivity contribution in [3.8, 4) is 0 Å². The average Bonchev–Trinajstić information content (AvgIpc) is 2.23. The van der Waals surface area contributed by atoms with Crippen LogP contribution >= 0.6 is 0 Å². The fraction of sp³-hybridized carbons (Fsp3) is 0.750. The van der Waals surface area contributed by atoms with E-state index in [2.05, 4.69) is 13.8 Å². The average molecular weight is 194 g/mol. The van der Waals surface area contributed by atoms with Gasteiger partial charge in [0.2, 0.25) is 0 Å². The zero-order chi connectivity index (χ0) is 10.6. The number of allylic oxidation sites excluding steroid dienone is 1. The van der Waals surface area contributed by atoms with Gasteiger partial charge in [0.05, 0.1) is 5.60 Å². The quantitative estimate of drug-likeness (QED) is 0.642. The molecule has 0 saturated heterocycles. The lowest BCUT2D eigenvalue weighted by molar-refractivity contribution is -0.119. The molecule has 0 aromatic heterocycles. The molecule has 14 heavy (non-hydrogen) atoms. The van der Waals surface area contributed by atoms with Gasteiger partial charge in [0, 0.05) is 12.0 Å². The van der Waals surface area contributed by atoms with E-state index in [-0.39, 0.29) is 11.2 Å². The van der Waals surface area contributed by atoms with Crippen molar-refractivity contribution in [2.24, 2.45) is 5.41 Å². The van der Waals surface area contributed by atoms with Crippen molar-refractivity contribution >= 4 is 5.78 Å². The van der Waals surface area contributed by atoms with E-state index >= 15 is 0 Å². The second-order valence-electron chi connectivity index (χ2n) is 5.69. The number of hydrogen-bond acceptors (Lipinski definition) is 2. The summed E-state index contributed by atoms with van der Waals surface area (Å²) in [7, 11) is 0. The van der Waals surface area contributed by atoms with Crippen molar-refractivity contribution in [1.82, 2.24) is 0 Å². The van der Waals surface area contributed by atoms with Crippen LogP contribution in [0, 0.1) is 5.41 Å². The maximum Gasteiger partial charge on any atom is 0.162 e. The maximum absolute atomic E-state index is 11.9. The first-order chi connectivity index (χ1) is 6.32. The van der Waals surface area contributed by atoms with Crippen LogP contribution in [0.15, 0.2) is 11.1 Å². The van der Waals surface area contributed by atoms with Crippen molar-refractivity contribution in [2.45, 2.75) is 52.1 Å². The molecule has 0 bridgehead atoms. The summed E-state index contributed by atoms with van der Waals surface area (Å²) in [6.45, 7) is 6.02. The van der Waals surface area contributed by atoms with Gasteiger partial charge >= 0.3 is 0 Å². The molecule has 1 atom stereocenters. The largest absolute Gasteiger partial charge is 0.385 e. The van der Waals surface area contributed by atoms with Crippen LogP contribution < -0.4 is 0 Å². The van der Waals surface area contributed by atoms with Gasteiger partial charge < -0.3 is 5.11 Å². The second-order valence-corrected chi connectivity index (χ2v) is 5.69. The van der Waals surface area contributed by atoms with Crippen LogP contribution in [0.3, 0.4) is 0 Å². The third-order valence-corrected chi connectivity index (χ3v) is 3.42. The summed E-state index contributed by atoms with van der Waals surface area (Å²) < 4.78 is 0. The topological polar surface area (TPSA) is 37.3 Å². The minimum absolute atomic E-state index is 0.0936. The molecule has 0 aromatic carbocycles. The lowest BCUT2D eigenvalue weighted by atomic mass is 9.73. The van der Waals surface area contributed by atoms with Crippen molar-refractivity contribution in [3.05, 3.63) is 11.1 Å². The standard InChI is InChI=1S/C12H18O2/c1-11(2)6-8-4-5-12(3,14)10(8)9(13)7-11/h14H,4-7H2,1-3H3. The zero-order valence-electron chi connectivity index (χ0n) is 9.18. The molecular formula is C12H18O2. The number of hydrogen-bond donors (Lipinski definition) is 1. The summed E-state index contributed by atoms with van der Waals surface area (Å²) in [4.78, 5) is 11.9. The molecular weight excluding hydrogens is 176 g/mol. The number of aliphatic hydroxyl groups is 1. The number of Topliss-reactive ketones (excluding diaryl/α,β-unsaturated/α-hetero) is 1. The third kappa shape index (κ3) is 1.42. The van der Waals surface area contributed by atoms with Gasteiger partial charge in [-0.15, -0.1) is 0 Å². The molecule has 0 aliphatic heterocycles. The Labute approximate surface area is 85.0 Å². The Hall–Kier alpha value is -0.630. The van der Waals surface area contributed by atoms with Crippen LogP contribution in [-0.2, 0) is 4.79 Å². The molecule has 0 aromatic rings. The highest BCUT2D eigenvalue weighted by Gasteiger charge is 2.44. The number of ketones is 1. The van der Waals surface area contributed by atoms with Crippen molar-refractivity contribution in [1.29, 1.82) is 0 Å². The minimum atomic E-state index is -0.844. The van der Waals surface area contributed by atoms with Gasteiger partial charge in [-0.1, -0.05) is 19.4 Å². The lowest BCUT2D eigenvalue weighted by Crippen LogP contribution is -2.33. The smallest absolute Gasteiger partial charge is 0.162 e. The predicted octanol–water partition coefficient (Wildman–Crippen LogP) is 2.22. The van der Waals surface area contributed by atoms with Gasteiger partial charge in [-0.3, -0.25) is 4.79 Å². The van der Waals surface area contributed by atoms with Crippen LogP contribution in [0.2, 0.25) is 0 Å². The summed E-state index contributed by atoms with van der Waals surface area (Å²) in [5.41, 5.74) is 1.19. The van der Waals surface area contributed by atoms with Crippen LogP contribution in [0.5, 0.6) is 0 Å². The van der Waals surface area contributed by atoms with Gasteiger partial charge in [-0.2, -0.15) is 0 Å². The Kier molecular flexibility index (Phi) is 1.91. The van der Waals surface area contributed by atoms with Gasteiger partial charge in [-0.25, -0.2) is 0 Å². The third-order valence-electron chi connectivity index (χ3n) is 3.42. The highest BCUT2D eigenvalue weighted by atomic mass is 16.3. The molecule has 1 unspecified atom stereocenters. The Morgan fingerprint density at radius 3 is 2.50 bits per heavy atom. The van der Waals surface area contributed by atoms with E-state index in [4.69, 9.17) is 0 Å². The van der Waals surface area contributed by atoms with E-state index in [0.717, 1.165) is 24.8 Å². The SMILES string of the molecule is CC1(C)CC(=O)C2=C(CCC2(C)O)C1. The normalized spacial score (nSPS) is 36.1. The van der Waals surface area contributed by atoms with E-state index < -0.39 is 5.60 Å². The van der Waals surface area contributed by atoms with Crippen LogP contribution in [0.25, 0.3) is 0 Å². The second kappa shape index (κ2) is 2.69. The fourth-order valence-corrected chi connectivity index (χ4v) is 2.86. The Bertz CT molecular complexity index is 321. The number of carbonyl (C=O) groups is 1. The molecule has 0 saturated carbocycles.